The summed E-state index contributed by atoms with van der Waals surface area (Å²) in [5, 5.41) is 5.16. The van der Waals surface area contributed by atoms with Crippen LogP contribution >= 0.6 is 0 Å². The molecule has 0 fully saturated rings. The second-order valence-electron chi connectivity index (χ2n) is 6.27. The van der Waals surface area contributed by atoms with E-state index < -0.39 is 26.3 Å². The third kappa shape index (κ3) is 6.73. The Hall–Kier alpha value is -3.57. The predicted molar refractivity (Wildman–Crippen MR) is 115 cm³/mol. The predicted octanol–water partition coefficient (Wildman–Crippen LogP) is 3.44. The van der Waals surface area contributed by atoms with Gasteiger partial charge in [0, 0.05) is 11.4 Å². The lowest BCUT2D eigenvalue weighted by Crippen LogP contribution is -2.19. The summed E-state index contributed by atoms with van der Waals surface area (Å²) in [5.41, 5.74) is 0.811. The summed E-state index contributed by atoms with van der Waals surface area (Å²) in [4.78, 5) is 12.1. The molecule has 31 heavy (non-hydrogen) atoms. The fourth-order valence-corrected chi connectivity index (χ4v) is 3.83. The molecule has 0 unspecified atom stereocenters. The molecule has 3 aromatic rings. The third-order valence-corrected chi connectivity index (χ3v) is 5.47. The first-order valence-electron chi connectivity index (χ1n) is 8.78. The summed E-state index contributed by atoms with van der Waals surface area (Å²) in [6.45, 7) is 0. The Morgan fingerprint density at radius 1 is 0.677 bits per heavy atom. The molecule has 2 N–H and O–H groups in total. The lowest BCUT2D eigenvalue weighted by molar-refractivity contribution is 0.262. The molecule has 0 saturated carbocycles. The van der Waals surface area contributed by atoms with Crippen LogP contribution in [0.25, 0.3) is 0 Å². The van der Waals surface area contributed by atoms with Crippen LogP contribution in [0, 0.1) is 0 Å². The number of anilines is 2. The van der Waals surface area contributed by atoms with Gasteiger partial charge in [0.2, 0.25) is 0 Å². The van der Waals surface area contributed by atoms with Crippen LogP contribution in [-0.4, -0.2) is 29.1 Å². The molecule has 3 rings (SSSR count). The summed E-state index contributed by atoms with van der Waals surface area (Å²) in [5.74, 6) is 0.214. The lowest BCUT2D eigenvalue weighted by atomic mass is 10.3. The molecule has 0 spiro atoms. The minimum absolute atomic E-state index is 0.0320. The molecule has 2 amide bonds. The van der Waals surface area contributed by atoms with E-state index in [0.717, 1.165) is 6.26 Å². The van der Waals surface area contributed by atoms with E-state index in [-0.39, 0.29) is 16.4 Å². The fourth-order valence-electron chi connectivity index (χ4n) is 2.42. The highest BCUT2D eigenvalue weighted by Gasteiger charge is 2.16. The zero-order valence-corrected chi connectivity index (χ0v) is 17.8. The Morgan fingerprint density at radius 2 is 1.13 bits per heavy atom. The highest BCUT2D eigenvalue weighted by atomic mass is 32.2. The average Bonchev–Trinajstić information content (AvgIpc) is 2.70. The van der Waals surface area contributed by atoms with Crippen molar-refractivity contribution in [3.63, 3.8) is 0 Å². The van der Waals surface area contributed by atoms with Gasteiger partial charge in [-0.2, -0.15) is 16.8 Å². The first-order chi connectivity index (χ1) is 14.6. The number of hydrogen-bond donors (Lipinski definition) is 2. The normalized spacial score (nSPS) is 11.4. The van der Waals surface area contributed by atoms with Crippen LogP contribution < -0.4 is 19.0 Å². The van der Waals surface area contributed by atoms with Crippen LogP contribution in [0.2, 0.25) is 0 Å². The van der Waals surface area contributed by atoms with E-state index >= 15 is 0 Å². The molecule has 3 aromatic carbocycles. The third-order valence-electron chi connectivity index (χ3n) is 3.71. The van der Waals surface area contributed by atoms with E-state index in [2.05, 4.69) is 10.6 Å². The summed E-state index contributed by atoms with van der Waals surface area (Å²) in [7, 11) is -7.58. The zero-order chi connectivity index (χ0) is 22.5. The Balaban J connectivity index is 1.58. The van der Waals surface area contributed by atoms with Gasteiger partial charge in [0.05, 0.1) is 6.26 Å². The molecule has 0 saturated heterocycles. The van der Waals surface area contributed by atoms with Crippen molar-refractivity contribution in [3.8, 4) is 11.5 Å². The quantitative estimate of drug-likeness (QED) is 0.515. The molecule has 0 radical (unpaired) electrons. The van der Waals surface area contributed by atoms with Gasteiger partial charge in [0.25, 0.3) is 0 Å². The molecule has 0 aromatic heterocycles. The van der Waals surface area contributed by atoms with Gasteiger partial charge >= 0.3 is 26.3 Å². The Labute approximate surface area is 179 Å². The van der Waals surface area contributed by atoms with Gasteiger partial charge in [-0.15, -0.1) is 0 Å². The number of rotatable bonds is 7. The first-order valence-corrected chi connectivity index (χ1v) is 12.0. The summed E-state index contributed by atoms with van der Waals surface area (Å²) in [6.07, 6.45) is 0.931. The van der Waals surface area contributed by atoms with Gasteiger partial charge in [0.15, 0.2) is 0 Å². The van der Waals surface area contributed by atoms with Crippen molar-refractivity contribution in [2.75, 3.05) is 16.9 Å². The van der Waals surface area contributed by atoms with Gasteiger partial charge in [0.1, 0.15) is 16.4 Å². The van der Waals surface area contributed by atoms with Crippen molar-refractivity contribution in [2.45, 2.75) is 4.90 Å². The van der Waals surface area contributed by atoms with E-state index in [0.29, 0.717) is 11.4 Å². The van der Waals surface area contributed by atoms with Crippen molar-refractivity contribution in [1.82, 2.24) is 0 Å². The smallest absolute Gasteiger partial charge is 0.339 e. The maximum atomic E-state index is 12.2. The number of carbonyl (C=O) groups is 1. The lowest BCUT2D eigenvalue weighted by Gasteiger charge is -2.10. The van der Waals surface area contributed by atoms with E-state index in [1.54, 1.807) is 18.2 Å². The van der Waals surface area contributed by atoms with E-state index in [1.165, 1.54) is 60.7 Å². The van der Waals surface area contributed by atoms with Crippen molar-refractivity contribution in [3.05, 3.63) is 78.9 Å². The van der Waals surface area contributed by atoms with Gasteiger partial charge in [-0.25, -0.2) is 4.79 Å². The van der Waals surface area contributed by atoms with E-state index in [4.69, 9.17) is 8.37 Å². The molecule has 0 bridgehead atoms. The summed E-state index contributed by atoms with van der Waals surface area (Å²) < 4.78 is 56.4. The van der Waals surface area contributed by atoms with Crippen LogP contribution in [0.5, 0.6) is 11.5 Å². The van der Waals surface area contributed by atoms with Crippen LogP contribution in [-0.2, 0) is 20.2 Å². The number of hydrogen-bond acceptors (Lipinski definition) is 7. The molecule has 9 nitrogen and oxygen atoms in total. The monoisotopic (exact) mass is 462 g/mol. The van der Waals surface area contributed by atoms with Crippen LogP contribution in [0.15, 0.2) is 83.8 Å². The summed E-state index contributed by atoms with van der Waals surface area (Å²) in [6, 6.07) is 18.7. The van der Waals surface area contributed by atoms with Crippen LogP contribution in [0.1, 0.15) is 0 Å². The molecule has 0 heterocycles. The Bertz CT molecular complexity index is 1260. The van der Waals surface area contributed by atoms with Gasteiger partial charge < -0.3 is 19.0 Å². The van der Waals surface area contributed by atoms with Gasteiger partial charge in [-0.05, 0) is 60.7 Å². The Morgan fingerprint density at radius 3 is 1.58 bits per heavy atom. The molecule has 162 valence electrons. The Kier molecular flexibility index (Phi) is 6.47. The number of urea groups is 1. The molecule has 0 aliphatic carbocycles. The largest absolute Gasteiger partial charge is 0.383 e. The van der Waals surface area contributed by atoms with Crippen molar-refractivity contribution in [1.29, 1.82) is 0 Å². The fraction of sp³-hybridized carbons (Fsp3) is 0.0500. The number of amides is 2. The molecule has 0 aliphatic heterocycles. The topological polar surface area (TPSA) is 128 Å². The van der Waals surface area contributed by atoms with E-state index in [9.17, 15) is 21.6 Å². The molecule has 0 atom stereocenters. The second kappa shape index (κ2) is 9.06. The van der Waals surface area contributed by atoms with Crippen molar-refractivity contribution >= 4 is 37.6 Å². The first kappa shape index (κ1) is 22.1. The molecule has 11 heteroatoms. The van der Waals surface area contributed by atoms with Crippen LogP contribution in [0.3, 0.4) is 0 Å². The number of benzene rings is 3. The minimum Gasteiger partial charge on any atom is -0.383 e. The zero-order valence-electron chi connectivity index (χ0n) is 16.2. The second-order valence-corrected chi connectivity index (χ2v) is 9.39. The van der Waals surface area contributed by atoms with Gasteiger partial charge in [-0.1, -0.05) is 18.2 Å². The van der Waals surface area contributed by atoms with Crippen molar-refractivity contribution < 1.29 is 30.0 Å². The highest BCUT2D eigenvalue weighted by Crippen LogP contribution is 2.21. The summed E-state index contributed by atoms with van der Waals surface area (Å²) >= 11 is 0. The highest BCUT2D eigenvalue weighted by molar-refractivity contribution is 7.87. The van der Waals surface area contributed by atoms with Gasteiger partial charge in [-0.3, -0.25) is 0 Å². The molecular weight excluding hydrogens is 444 g/mol. The molecule has 0 aliphatic rings. The number of nitrogens with one attached hydrogen (secondary N) is 2. The minimum atomic E-state index is -3.95. The van der Waals surface area contributed by atoms with Crippen LogP contribution in [0.4, 0.5) is 16.2 Å². The standard InChI is InChI=1S/C20H18N2O7S2/c1-30(24,25)28-17-11-7-15(8-12-17)21-20(23)22-16-9-13-18(14-10-16)29-31(26,27)19-5-3-2-4-6-19/h2-14H,1H3,(H2,21,22,23). The number of carbonyl (C=O) groups excluding carboxylic acids is 1. The maximum absolute atomic E-state index is 12.2. The maximum Gasteiger partial charge on any atom is 0.339 e. The van der Waals surface area contributed by atoms with Crippen molar-refractivity contribution in [2.24, 2.45) is 0 Å². The average molecular weight is 463 g/mol. The molecular formula is C20H18N2O7S2. The SMILES string of the molecule is CS(=O)(=O)Oc1ccc(NC(=O)Nc2ccc(OS(=O)(=O)c3ccccc3)cc2)cc1. The van der Waals surface area contributed by atoms with E-state index in [1.807, 2.05) is 0 Å².